The van der Waals surface area contributed by atoms with Gasteiger partial charge in [-0.15, -0.1) is 6.42 Å². The molecule has 0 saturated carbocycles. The highest BCUT2D eigenvalue weighted by Gasteiger charge is 2.38. The Bertz CT molecular complexity index is 963. The number of nitriles is 1. The van der Waals surface area contributed by atoms with Crippen molar-refractivity contribution >= 4 is 17.5 Å². The second kappa shape index (κ2) is 8.08. The molecule has 1 unspecified atom stereocenters. The molecule has 0 amide bonds. The summed E-state index contributed by atoms with van der Waals surface area (Å²) >= 11 is 0. The van der Waals surface area contributed by atoms with Crippen molar-refractivity contribution < 1.29 is 9.13 Å². The Labute approximate surface area is 176 Å². The molecule has 1 N–H and O–H groups in total. The van der Waals surface area contributed by atoms with Gasteiger partial charge in [0, 0.05) is 44.7 Å². The Balaban J connectivity index is 1.71. The number of hydrogen-bond donors (Lipinski definition) is 1. The lowest BCUT2D eigenvalue weighted by molar-refractivity contribution is 0.0675. The molecule has 3 aliphatic rings. The summed E-state index contributed by atoms with van der Waals surface area (Å²) in [5.74, 6) is 4.59. The van der Waals surface area contributed by atoms with Crippen LogP contribution in [0.2, 0.25) is 0 Å². The van der Waals surface area contributed by atoms with Gasteiger partial charge in [-0.2, -0.15) is 5.26 Å². The van der Waals surface area contributed by atoms with E-state index in [0.29, 0.717) is 63.0 Å². The predicted octanol–water partition coefficient (Wildman–Crippen LogP) is 3.37. The second-order valence-corrected chi connectivity index (χ2v) is 8.45. The smallest absolute Gasteiger partial charge is 0.134 e. The summed E-state index contributed by atoms with van der Waals surface area (Å²) in [6.45, 7) is 4.20. The van der Waals surface area contributed by atoms with Crippen LogP contribution < -0.4 is 10.2 Å². The maximum Gasteiger partial charge on any atom is 0.134 e. The lowest BCUT2D eigenvalue weighted by Gasteiger charge is -2.32. The largest absolute Gasteiger partial charge is 0.381 e. The molecule has 0 aromatic carbocycles. The third kappa shape index (κ3) is 4.17. The van der Waals surface area contributed by atoms with E-state index in [9.17, 15) is 9.65 Å². The molecular formula is C23H26FN5O. The summed E-state index contributed by atoms with van der Waals surface area (Å²) in [6, 6.07) is 6.36. The predicted molar refractivity (Wildman–Crippen MR) is 115 cm³/mol. The fraction of sp³-hybridized carbons (Fsp3) is 0.522. The van der Waals surface area contributed by atoms with Crippen molar-refractivity contribution in [3.8, 4) is 18.4 Å². The number of alkyl halides is 1. The van der Waals surface area contributed by atoms with Crippen LogP contribution in [0.15, 0.2) is 28.8 Å². The van der Waals surface area contributed by atoms with Gasteiger partial charge >= 0.3 is 0 Å². The first-order valence-corrected chi connectivity index (χ1v) is 10.4. The van der Waals surface area contributed by atoms with E-state index in [-0.39, 0.29) is 6.54 Å². The molecule has 0 bridgehead atoms. The number of pyridine rings is 1. The van der Waals surface area contributed by atoms with E-state index in [1.165, 1.54) is 0 Å². The molecule has 0 spiro atoms. The summed E-state index contributed by atoms with van der Waals surface area (Å²) in [5, 5.41) is 13.3. The molecule has 4 rings (SSSR count). The highest BCUT2D eigenvalue weighted by Crippen LogP contribution is 2.38. The first kappa shape index (κ1) is 20.4. The van der Waals surface area contributed by atoms with Crippen LogP contribution >= 0.6 is 0 Å². The number of terminal acetylenes is 1. The molecule has 156 valence electrons. The highest BCUT2D eigenvalue weighted by atomic mass is 19.1. The minimum atomic E-state index is -1.24. The van der Waals surface area contributed by atoms with E-state index < -0.39 is 11.1 Å². The third-order valence-electron chi connectivity index (χ3n) is 6.09. The van der Waals surface area contributed by atoms with Gasteiger partial charge in [-0.25, -0.2) is 9.37 Å². The highest BCUT2D eigenvalue weighted by molar-refractivity contribution is 6.04. The molecule has 6 nitrogen and oxygen atoms in total. The Morgan fingerprint density at radius 1 is 1.30 bits per heavy atom. The third-order valence-corrected chi connectivity index (χ3v) is 6.09. The Morgan fingerprint density at radius 3 is 2.77 bits per heavy atom. The molecule has 0 aliphatic carbocycles. The average molecular weight is 407 g/mol. The number of aromatic nitrogens is 1. The van der Waals surface area contributed by atoms with Gasteiger partial charge in [0.15, 0.2) is 0 Å². The van der Waals surface area contributed by atoms with Gasteiger partial charge in [0.25, 0.3) is 0 Å². The van der Waals surface area contributed by atoms with Crippen LogP contribution in [0.4, 0.5) is 16.0 Å². The quantitative estimate of drug-likeness (QED) is 0.778. The standard InChI is InChI=1S/C23H26FN5O/c1-3-17-4-8-26-19(12-17)27-20-13-18(23(15-25)6-10-30-11-7-23)14-21(28-20)29-9-5-22(2,24)16-29/h1,12-14H,4-11,16H2,2H3,(H,26,27,28). The summed E-state index contributed by atoms with van der Waals surface area (Å²) in [5.41, 5.74) is -0.117. The maximum atomic E-state index is 14.5. The fourth-order valence-corrected chi connectivity index (χ4v) is 4.22. The summed E-state index contributed by atoms with van der Waals surface area (Å²) < 4.78 is 20.0. The molecular weight excluding hydrogens is 381 g/mol. The van der Waals surface area contributed by atoms with Gasteiger partial charge in [-0.3, -0.25) is 4.99 Å². The molecule has 1 aromatic heterocycles. The zero-order valence-electron chi connectivity index (χ0n) is 17.2. The minimum absolute atomic E-state index is 0.285. The molecule has 7 heteroatoms. The molecule has 4 heterocycles. The van der Waals surface area contributed by atoms with E-state index in [4.69, 9.17) is 16.1 Å². The van der Waals surface area contributed by atoms with Crippen molar-refractivity contribution in [3.05, 3.63) is 29.3 Å². The van der Waals surface area contributed by atoms with Crippen LogP contribution in [0, 0.1) is 23.7 Å². The van der Waals surface area contributed by atoms with Crippen molar-refractivity contribution in [3.63, 3.8) is 0 Å². The molecule has 2 saturated heterocycles. The number of ether oxygens (including phenoxy) is 1. The summed E-state index contributed by atoms with van der Waals surface area (Å²) in [7, 11) is 0. The van der Waals surface area contributed by atoms with Crippen molar-refractivity contribution in [2.75, 3.05) is 43.1 Å². The first-order valence-electron chi connectivity index (χ1n) is 10.4. The molecule has 2 fully saturated rings. The number of amidine groups is 1. The Morgan fingerprint density at radius 2 is 2.10 bits per heavy atom. The number of anilines is 2. The number of dihydropyridines is 1. The second-order valence-electron chi connectivity index (χ2n) is 8.45. The minimum Gasteiger partial charge on any atom is -0.381 e. The van der Waals surface area contributed by atoms with E-state index in [0.717, 1.165) is 17.6 Å². The number of rotatable bonds is 3. The molecule has 30 heavy (non-hydrogen) atoms. The lowest BCUT2D eigenvalue weighted by Crippen LogP contribution is -2.33. The number of aliphatic imine (C=N–C) groups is 1. The van der Waals surface area contributed by atoms with Crippen molar-refractivity contribution in [1.82, 2.24) is 4.98 Å². The molecule has 0 radical (unpaired) electrons. The number of hydrogen-bond acceptors (Lipinski definition) is 6. The van der Waals surface area contributed by atoms with Crippen molar-refractivity contribution in [1.29, 1.82) is 5.26 Å². The van der Waals surface area contributed by atoms with Gasteiger partial charge in [-0.05, 0) is 43.5 Å². The van der Waals surface area contributed by atoms with Crippen LogP contribution in [0.5, 0.6) is 0 Å². The van der Waals surface area contributed by atoms with Crippen LogP contribution in [0.3, 0.4) is 0 Å². The van der Waals surface area contributed by atoms with Crippen molar-refractivity contribution in [2.45, 2.75) is 43.7 Å². The van der Waals surface area contributed by atoms with E-state index in [2.05, 4.69) is 22.3 Å². The van der Waals surface area contributed by atoms with Crippen molar-refractivity contribution in [2.24, 2.45) is 4.99 Å². The fourth-order valence-electron chi connectivity index (χ4n) is 4.22. The van der Waals surface area contributed by atoms with E-state index in [1.54, 1.807) is 6.92 Å². The average Bonchev–Trinajstić information content (AvgIpc) is 3.14. The lowest BCUT2D eigenvalue weighted by atomic mass is 9.75. The Hall–Kier alpha value is -2.90. The number of nitrogens with one attached hydrogen (secondary N) is 1. The van der Waals surface area contributed by atoms with Crippen LogP contribution in [0.1, 0.15) is 38.2 Å². The number of halogens is 1. The van der Waals surface area contributed by atoms with Gasteiger partial charge < -0.3 is 15.0 Å². The zero-order chi connectivity index (χ0) is 21.2. The van der Waals surface area contributed by atoms with Gasteiger partial charge in [0.1, 0.15) is 23.1 Å². The Kier molecular flexibility index (Phi) is 5.49. The maximum absolute atomic E-state index is 14.5. The first-order chi connectivity index (χ1) is 14.4. The van der Waals surface area contributed by atoms with Gasteiger partial charge in [0.05, 0.1) is 18.0 Å². The van der Waals surface area contributed by atoms with Gasteiger partial charge in [-0.1, -0.05) is 5.92 Å². The van der Waals surface area contributed by atoms with Crippen LogP contribution in [-0.2, 0) is 10.2 Å². The molecule has 1 aromatic rings. The summed E-state index contributed by atoms with van der Waals surface area (Å²) in [6.07, 6.45) is 9.84. The van der Waals surface area contributed by atoms with E-state index in [1.807, 2.05) is 23.1 Å². The van der Waals surface area contributed by atoms with Crippen LogP contribution in [0.25, 0.3) is 0 Å². The van der Waals surface area contributed by atoms with Crippen LogP contribution in [-0.4, -0.2) is 49.3 Å². The zero-order valence-corrected chi connectivity index (χ0v) is 17.2. The SMILES string of the molecule is C#CC1=CC(Nc2cc(C3(C#N)CCOCC3)cc(N3CCC(C)(F)C3)n2)=NCC1. The normalized spacial score (nSPS) is 25.7. The number of nitrogens with zero attached hydrogens (tertiary/aromatic N) is 4. The molecule has 1 atom stereocenters. The molecule has 3 aliphatic heterocycles. The monoisotopic (exact) mass is 407 g/mol. The van der Waals surface area contributed by atoms with Gasteiger partial charge in [0.2, 0.25) is 0 Å². The summed E-state index contributed by atoms with van der Waals surface area (Å²) in [4.78, 5) is 11.2. The van der Waals surface area contributed by atoms with E-state index >= 15 is 0 Å². The topological polar surface area (TPSA) is 73.5 Å².